The number of benzene rings is 4. The molecule has 3 aromatic heterocycles. The zero-order chi connectivity index (χ0) is 23.9. The lowest BCUT2D eigenvalue weighted by atomic mass is 9.94. The van der Waals surface area contributed by atoms with Gasteiger partial charge in [-0.2, -0.15) is 0 Å². The van der Waals surface area contributed by atoms with Gasteiger partial charge in [0.1, 0.15) is 0 Å². The highest BCUT2D eigenvalue weighted by molar-refractivity contribution is 6.07. The van der Waals surface area contributed by atoms with E-state index in [1.165, 1.54) is 10.8 Å². The topological polar surface area (TPSA) is 38.7 Å². The van der Waals surface area contributed by atoms with E-state index >= 15 is 0 Å². The normalized spacial score (nSPS) is 11.3. The van der Waals surface area contributed by atoms with Gasteiger partial charge in [-0.1, -0.05) is 97.1 Å². The number of nitrogens with zero attached hydrogens (tertiary/aromatic N) is 3. The highest BCUT2D eigenvalue weighted by Crippen LogP contribution is 2.36. The first-order chi connectivity index (χ1) is 17.8. The van der Waals surface area contributed by atoms with Gasteiger partial charge in [0.2, 0.25) is 0 Å². The lowest BCUT2D eigenvalue weighted by molar-refractivity contribution is 1.33. The number of aromatic nitrogens is 3. The highest BCUT2D eigenvalue weighted by atomic mass is 14.8. The van der Waals surface area contributed by atoms with Crippen molar-refractivity contribution in [3.8, 4) is 33.6 Å². The lowest BCUT2D eigenvalue weighted by Crippen LogP contribution is -1.91. The first-order valence-corrected chi connectivity index (χ1v) is 12.0. The third-order valence-electron chi connectivity index (χ3n) is 6.78. The minimum Gasteiger partial charge on any atom is -0.256 e. The maximum atomic E-state index is 5.10. The number of hydrogen-bond acceptors (Lipinski definition) is 3. The molecule has 168 valence electrons. The Morgan fingerprint density at radius 3 is 1.92 bits per heavy atom. The number of pyridine rings is 3. The van der Waals surface area contributed by atoms with Crippen LogP contribution in [0.5, 0.6) is 0 Å². The Labute approximate surface area is 208 Å². The molecular weight excluding hydrogens is 438 g/mol. The summed E-state index contributed by atoms with van der Waals surface area (Å²) in [6.45, 7) is 0. The Bertz CT molecular complexity index is 1870. The molecule has 0 amide bonds. The van der Waals surface area contributed by atoms with E-state index in [9.17, 15) is 0 Å². The Morgan fingerprint density at radius 1 is 0.417 bits per heavy atom. The average Bonchev–Trinajstić information content (AvgIpc) is 2.97. The number of rotatable bonds is 3. The summed E-state index contributed by atoms with van der Waals surface area (Å²) in [5.41, 5.74) is 8.27. The van der Waals surface area contributed by atoms with Crippen LogP contribution in [0.2, 0.25) is 0 Å². The number of fused-ring (bicyclic) bond motifs is 4. The molecule has 3 heterocycles. The first-order valence-electron chi connectivity index (χ1n) is 12.0. The van der Waals surface area contributed by atoms with Crippen LogP contribution < -0.4 is 0 Å². The summed E-state index contributed by atoms with van der Waals surface area (Å²) in [5, 5.41) is 4.54. The van der Waals surface area contributed by atoms with E-state index in [1.54, 1.807) is 0 Å². The highest BCUT2D eigenvalue weighted by Gasteiger charge is 2.12. The molecule has 0 saturated carbocycles. The van der Waals surface area contributed by atoms with Gasteiger partial charge in [0.15, 0.2) is 0 Å². The Morgan fingerprint density at radius 2 is 1.11 bits per heavy atom. The van der Waals surface area contributed by atoms with Crippen molar-refractivity contribution in [3.63, 3.8) is 0 Å². The molecule has 7 rings (SSSR count). The third kappa shape index (κ3) is 3.41. The van der Waals surface area contributed by atoms with Crippen molar-refractivity contribution in [2.45, 2.75) is 0 Å². The predicted molar refractivity (Wildman–Crippen MR) is 149 cm³/mol. The van der Waals surface area contributed by atoms with Crippen molar-refractivity contribution in [3.05, 3.63) is 128 Å². The Hall–Kier alpha value is -4.89. The fourth-order valence-corrected chi connectivity index (χ4v) is 4.98. The minimum atomic E-state index is 0.930. The van der Waals surface area contributed by atoms with E-state index in [0.717, 1.165) is 55.4 Å². The summed E-state index contributed by atoms with van der Waals surface area (Å²) in [4.78, 5) is 14.5. The fraction of sp³-hybridized carbons (Fsp3) is 0. The summed E-state index contributed by atoms with van der Waals surface area (Å²) in [6.07, 6.45) is 3.80. The monoisotopic (exact) mass is 459 g/mol. The fourth-order valence-electron chi connectivity index (χ4n) is 4.98. The van der Waals surface area contributed by atoms with Gasteiger partial charge in [-0.05, 0) is 34.5 Å². The molecule has 0 saturated heterocycles. The van der Waals surface area contributed by atoms with E-state index in [1.807, 2.05) is 36.7 Å². The van der Waals surface area contributed by atoms with Crippen molar-refractivity contribution >= 4 is 32.6 Å². The minimum absolute atomic E-state index is 0.930. The summed E-state index contributed by atoms with van der Waals surface area (Å²) >= 11 is 0. The molecule has 0 spiro atoms. The van der Waals surface area contributed by atoms with Gasteiger partial charge in [0, 0.05) is 39.9 Å². The van der Waals surface area contributed by atoms with Crippen molar-refractivity contribution in [1.29, 1.82) is 0 Å². The van der Waals surface area contributed by atoms with E-state index in [2.05, 4.69) is 96.0 Å². The molecule has 0 aliphatic carbocycles. The second-order valence-electron chi connectivity index (χ2n) is 8.91. The van der Waals surface area contributed by atoms with Crippen molar-refractivity contribution in [2.24, 2.45) is 0 Å². The average molecular weight is 460 g/mol. The molecule has 36 heavy (non-hydrogen) atoms. The standard InChI is InChI=1S/C33H21N3/c1-2-7-22(8-3-1)30-18-15-25(21-35-30)26-16-17-29(28-11-5-4-10-27(26)28)31-19-14-24-13-12-23-9-6-20-34-32(23)33(24)36-31/h1-21H. The van der Waals surface area contributed by atoms with Gasteiger partial charge in [-0.15, -0.1) is 0 Å². The summed E-state index contributed by atoms with van der Waals surface area (Å²) < 4.78 is 0. The summed E-state index contributed by atoms with van der Waals surface area (Å²) in [6, 6.07) is 39.9. The molecule has 4 aromatic carbocycles. The van der Waals surface area contributed by atoms with Crippen LogP contribution in [0.15, 0.2) is 128 Å². The molecule has 0 bridgehead atoms. The zero-order valence-corrected chi connectivity index (χ0v) is 19.5. The molecule has 0 aliphatic heterocycles. The van der Waals surface area contributed by atoms with E-state index < -0.39 is 0 Å². The van der Waals surface area contributed by atoms with Crippen LogP contribution in [-0.2, 0) is 0 Å². The first kappa shape index (κ1) is 20.5. The van der Waals surface area contributed by atoms with Gasteiger partial charge in [-0.3, -0.25) is 9.97 Å². The van der Waals surface area contributed by atoms with Crippen LogP contribution in [0, 0.1) is 0 Å². The molecule has 0 radical (unpaired) electrons. The molecule has 0 N–H and O–H groups in total. The lowest BCUT2D eigenvalue weighted by Gasteiger charge is -2.13. The van der Waals surface area contributed by atoms with Crippen LogP contribution >= 0.6 is 0 Å². The zero-order valence-electron chi connectivity index (χ0n) is 19.5. The summed E-state index contributed by atoms with van der Waals surface area (Å²) in [7, 11) is 0. The molecule has 7 aromatic rings. The maximum Gasteiger partial charge on any atom is 0.0972 e. The Kier molecular flexibility index (Phi) is 4.78. The van der Waals surface area contributed by atoms with Crippen LogP contribution in [-0.4, -0.2) is 15.0 Å². The van der Waals surface area contributed by atoms with Crippen LogP contribution in [0.4, 0.5) is 0 Å². The van der Waals surface area contributed by atoms with Crippen LogP contribution in [0.25, 0.3) is 66.2 Å². The van der Waals surface area contributed by atoms with E-state index in [-0.39, 0.29) is 0 Å². The second kappa shape index (κ2) is 8.40. The third-order valence-corrected chi connectivity index (χ3v) is 6.78. The quantitative estimate of drug-likeness (QED) is 0.249. The molecule has 0 atom stereocenters. The summed E-state index contributed by atoms with van der Waals surface area (Å²) in [5.74, 6) is 0. The molecule has 0 unspecified atom stereocenters. The van der Waals surface area contributed by atoms with Crippen molar-refractivity contribution in [2.75, 3.05) is 0 Å². The van der Waals surface area contributed by atoms with Gasteiger partial charge in [0.25, 0.3) is 0 Å². The molecule has 3 heteroatoms. The Balaban J connectivity index is 1.37. The van der Waals surface area contributed by atoms with Gasteiger partial charge < -0.3 is 0 Å². The van der Waals surface area contributed by atoms with Crippen LogP contribution in [0.3, 0.4) is 0 Å². The maximum absolute atomic E-state index is 5.10. The van der Waals surface area contributed by atoms with Crippen molar-refractivity contribution in [1.82, 2.24) is 15.0 Å². The molecule has 0 fully saturated rings. The van der Waals surface area contributed by atoms with Gasteiger partial charge in [-0.25, -0.2) is 4.98 Å². The van der Waals surface area contributed by atoms with Crippen molar-refractivity contribution < 1.29 is 0 Å². The smallest absolute Gasteiger partial charge is 0.0972 e. The molecular formula is C33H21N3. The van der Waals surface area contributed by atoms with Crippen LogP contribution in [0.1, 0.15) is 0 Å². The molecule has 3 nitrogen and oxygen atoms in total. The second-order valence-corrected chi connectivity index (χ2v) is 8.91. The molecule has 0 aliphatic rings. The SMILES string of the molecule is c1ccc(-c2ccc(-c3ccc(-c4ccc5ccc6cccnc6c5n4)c4ccccc34)cn2)cc1. The van der Waals surface area contributed by atoms with Gasteiger partial charge >= 0.3 is 0 Å². The predicted octanol–water partition coefficient (Wildman–Crippen LogP) is 8.33. The van der Waals surface area contributed by atoms with E-state index in [4.69, 9.17) is 9.97 Å². The largest absolute Gasteiger partial charge is 0.256 e. The van der Waals surface area contributed by atoms with Gasteiger partial charge in [0.05, 0.1) is 22.4 Å². The van der Waals surface area contributed by atoms with E-state index in [0.29, 0.717) is 0 Å². The number of hydrogen-bond donors (Lipinski definition) is 0.